The van der Waals surface area contributed by atoms with Crippen LogP contribution in [0.3, 0.4) is 0 Å². The van der Waals surface area contributed by atoms with Crippen molar-refractivity contribution in [2.24, 2.45) is 5.41 Å². The van der Waals surface area contributed by atoms with Gasteiger partial charge in [-0.1, -0.05) is 13.3 Å². The minimum Gasteiger partial charge on any atom is -0.476 e. The molecule has 1 heterocycles. The van der Waals surface area contributed by atoms with E-state index in [9.17, 15) is 13.2 Å². The molecule has 1 aromatic rings. The molecule has 0 atom stereocenters. The lowest BCUT2D eigenvalue weighted by Crippen LogP contribution is -2.31. The van der Waals surface area contributed by atoms with Gasteiger partial charge in [-0.3, -0.25) is 5.10 Å². The molecule has 2 rings (SSSR count). The molecule has 0 bridgehead atoms. The Hall–Kier alpha value is -1.41. The van der Waals surface area contributed by atoms with Gasteiger partial charge in [0.2, 0.25) is 10.0 Å². The molecule has 0 radical (unpaired) electrons. The third-order valence-electron chi connectivity index (χ3n) is 3.74. The van der Waals surface area contributed by atoms with Gasteiger partial charge >= 0.3 is 5.97 Å². The van der Waals surface area contributed by atoms with Gasteiger partial charge in [-0.05, 0) is 31.6 Å². The van der Waals surface area contributed by atoms with Crippen molar-refractivity contribution in [3.63, 3.8) is 0 Å². The summed E-state index contributed by atoms with van der Waals surface area (Å²) >= 11 is 0. The molecular formula is C12H19N3O4S. The van der Waals surface area contributed by atoms with Crippen molar-refractivity contribution in [3.05, 3.63) is 11.4 Å². The number of carboxylic acid groups (broad SMARTS) is 1. The second-order valence-corrected chi connectivity index (χ2v) is 7.11. The van der Waals surface area contributed by atoms with E-state index < -0.39 is 21.7 Å². The Bertz CT molecular complexity index is 617. The first-order valence-electron chi connectivity index (χ1n) is 6.59. The molecule has 1 aliphatic rings. The van der Waals surface area contributed by atoms with Crippen LogP contribution in [0.4, 0.5) is 0 Å². The molecule has 1 aliphatic carbocycles. The van der Waals surface area contributed by atoms with E-state index in [0.717, 1.165) is 25.7 Å². The maximum atomic E-state index is 12.3. The van der Waals surface area contributed by atoms with Crippen LogP contribution in [0.2, 0.25) is 0 Å². The number of sulfonamides is 1. The number of carboxylic acids is 1. The van der Waals surface area contributed by atoms with E-state index in [1.165, 1.54) is 6.92 Å². The fourth-order valence-electron chi connectivity index (χ4n) is 2.44. The number of rotatable bonds is 7. The Kier molecular flexibility index (Phi) is 3.88. The molecule has 3 N–H and O–H groups in total. The zero-order valence-corrected chi connectivity index (χ0v) is 12.4. The van der Waals surface area contributed by atoms with E-state index in [-0.39, 0.29) is 16.0 Å². The molecule has 0 spiro atoms. The summed E-state index contributed by atoms with van der Waals surface area (Å²) in [7, 11) is -3.86. The molecule has 0 aliphatic heterocycles. The minimum absolute atomic E-state index is 0.0584. The number of carbonyl (C=O) groups is 1. The van der Waals surface area contributed by atoms with Gasteiger partial charge in [0.05, 0.1) is 5.69 Å². The first-order valence-corrected chi connectivity index (χ1v) is 8.07. The van der Waals surface area contributed by atoms with Gasteiger partial charge in [0.15, 0.2) is 5.69 Å². The highest BCUT2D eigenvalue weighted by atomic mass is 32.2. The number of H-pyrrole nitrogens is 1. The van der Waals surface area contributed by atoms with Gasteiger partial charge < -0.3 is 5.11 Å². The summed E-state index contributed by atoms with van der Waals surface area (Å²) in [6, 6.07) is 0. The van der Waals surface area contributed by atoms with Crippen molar-refractivity contribution in [2.75, 3.05) is 6.54 Å². The maximum absolute atomic E-state index is 12.3. The number of hydrogen-bond acceptors (Lipinski definition) is 4. The van der Waals surface area contributed by atoms with Gasteiger partial charge in [0.1, 0.15) is 4.90 Å². The normalized spacial score (nSPS) is 17.1. The quantitative estimate of drug-likeness (QED) is 0.702. The molecule has 0 saturated heterocycles. The van der Waals surface area contributed by atoms with Crippen LogP contribution in [-0.4, -0.2) is 36.2 Å². The van der Waals surface area contributed by atoms with Crippen LogP contribution in [0, 0.1) is 12.3 Å². The van der Waals surface area contributed by atoms with E-state index in [1.807, 2.05) is 0 Å². The summed E-state index contributed by atoms with van der Waals surface area (Å²) in [5, 5.41) is 14.9. The van der Waals surface area contributed by atoms with Crippen LogP contribution in [0.15, 0.2) is 4.90 Å². The van der Waals surface area contributed by atoms with Gasteiger partial charge in [0.25, 0.3) is 0 Å². The zero-order chi connectivity index (χ0) is 15.0. The largest absolute Gasteiger partial charge is 0.476 e. The summed E-state index contributed by atoms with van der Waals surface area (Å²) in [5.74, 6) is -1.36. The van der Waals surface area contributed by atoms with Crippen molar-refractivity contribution >= 4 is 16.0 Å². The Morgan fingerprint density at radius 3 is 2.65 bits per heavy atom. The van der Waals surface area contributed by atoms with Crippen LogP contribution in [0.5, 0.6) is 0 Å². The van der Waals surface area contributed by atoms with Crippen LogP contribution < -0.4 is 4.72 Å². The molecule has 1 fully saturated rings. The van der Waals surface area contributed by atoms with E-state index in [2.05, 4.69) is 21.8 Å². The Balaban J connectivity index is 2.19. The zero-order valence-electron chi connectivity index (χ0n) is 11.6. The van der Waals surface area contributed by atoms with Crippen LogP contribution in [0.25, 0.3) is 0 Å². The number of nitrogens with one attached hydrogen (secondary N) is 2. The Morgan fingerprint density at radius 1 is 1.50 bits per heavy atom. The molecule has 7 nitrogen and oxygen atoms in total. The van der Waals surface area contributed by atoms with E-state index in [0.29, 0.717) is 6.54 Å². The van der Waals surface area contributed by atoms with E-state index in [4.69, 9.17) is 5.11 Å². The molecule has 1 aromatic heterocycles. The predicted molar refractivity (Wildman–Crippen MR) is 72.0 cm³/mol. The topological polar surface area (TPSA) is 112 Å². The monoisotopic (exact) mass is 301 g/mol. The van der Waals surface area contributed by atoms with Gasteiger partial charge in [0, 0.05) is 6.54 Å². The third kappa shape index (κ3) is 2.85. The molecule has 1 saturated carbocycles. The molecule has 20 heavy (non-hydrogen) atoms. The summed E-state index contributed by atoms with van der Waals surface area (Å²) in [6.45, 7) is 3.91. The van der Waals surface area contributed by atoms with Crippen molar-refractivity contribution < 1.29 is 18.3 Å². The smallest absolute Gasteiger partial charge is 0.357 e. The molecule has 112 valence electrons. The standard InChI is InChI=1S/C12H19N3O4S/c1-3-4-12(5-6-12)7-13-20(18,19)10-8(2)14-15-9(10)11(16)17/h13H,3-7H2,1-2H3,(H,14,15)(H,16,17). The van der Waals surface area contributed by atoms with Crippen molar-refractivity contribution in [1.82, 2.24) is 14.9 Å². The number of hydrogen-bond donors (Lipinski definition) is 3. The first-order chi connectivity index (χ1) is 9.31. The third-order valence-corrected chi connectivity index (χ3v) is 5.30. The molecular weight excluding hydrogens is 282 g/mol. The summed E-state index contributed by atoms with van der Waals surface area (Å²) in [4.78, 5) is 10.8. The van der Waals surface area contributed by atoms with Crippen molar-refractivity contribution in [3.8, 4) is 0 Å². The number of aromatic amines is 1. The number of aromatic carboxylic acids is 1. The second kappa shape index (κ2) is 5.17. The highest BCUT2D eigenvalue weighted by Gasteiger charge is 2.42. The predicted octanol–water partition coefficient (Wildman–Crippen LogP) is 1.27. The van der Waals surface area contributed by atoms with Crippen molar-refractivity contribution in [1.29, 1.82) is 0 Å². The Morgan fingerprint density at radius 2 is 2.15 bits per heavy atom. The van der Waals surface area contributed by atoms with Crippen LogP contribution >= 0.6 is 0 Å². The number of nitrogens with zero attached hydrogens (tertiary/aromatic N) is 1. The number of aryl methyl sites for hydroxylation is 1. The molecule has 0 unspecified atom stereocenters. The van der Waals surface area contributed by atoms with E-state index >= 15 is 0 Å². The van der Waals surface area contributed by atoms with Crippen LogP contribution in [-0.2, 0) is 10.0 Å². The lowest BCUT2D eigenvalue weighted by Gasteiger charge is -2.15. The van der Waals surface area contributed by atoms with Gasteiger partial charge in [-0.25, -0.2) is 17.9 Å². The summed E-state index contributed by atoms with van der Waals surface area (Å²) in [5.41, 5.74) is -0.173. The Labute approximate surface area is 117 Å². The SMILES string of the molecule is CCCC1(CNS(=O)(=O)c2c(C(=O)O)n[nH]c2C)CC1. The first kappa shape index (κ1) is 15.0. The molecule has 8 heteroatoms. The maximum Gasteiger partial charge on any atom is 0.357 e. The fraction of sp³-hybridized carbons (Fsp3) is 0.667. The van der Waals surface area contributed by atoms with Gasteiger partial charge in [-0.2, -0.15) is 5.10 Å². The van der Waals surface area contributed by atoms with Crippen molar-refractivity contribution in [2.45, 2.75) is 44.4 Å². The second-order valence-electron chi connectivity index (χ2n) is 5.41. The number of aromatic nitrogens is 2. The summed E-state index contributed by atoms with van der Waals surface area (Å²) in [6.07, 6.45) is 4.01. The van der Waals surface area contributed by atoms with Gasteiger partial charge in [-0.15, -0.1) is 0 Å². The average molecular weight is 301 g/mol. The van der Waals surface area contributed by atoms with Crippen LogP contribution in [0.1, 0.15) is 48.8 Å². The fourth-order valence-corrected chi connectivity index (χ4v) is 3.91. The summed E-state index contributed by atoms with van der Waals surface area (Å²) < 4.78 is 27.1. The highest BCUT2D eigenvalue weighted by molar-refractivity contribution is 7.89. The lowest BCUT2D eigenvalue weighted by atomic mass is 10.0. The molecule has 0 amide bonds. The minimum atomic E-state index is -3.86. The average Bonchev–Trinajstić information content (AvgIpc) is 3.00. The molecule has 0 aromatic carbocycles. The lowest BCUT2D eigenvalue weighted by molar-refractivity contribution is 0.0686. The highest BCUT2D eigenvalue weighted by Crippen LogP contribution is 2.49. The van der Waals surface area contributed by atoms with E-state index in [1.54, 1.807) is 0 Å².